The minimum atomic E-state index is 1.03. The summed E-state index contributed by atoms with van der Waals surface area (Å²) >= 11 is 0. The molecule has 1 aromatic heterocycles. The summed E-state index contributed by atoms with van der Waals surface area (Å²) in [6, 6.07) is 17.2. The molecule has 1 aliphatic rings. The lowest BCUT2D eigenvalue weighted by Gasteiger charge is -2.34. The maximum atomic E-state index is 4.71. The molecule has 0 saturated carbocycles. The van der Waals surface area contributed by atoms with Gasteiger partial charge in [-0.15, -0.1) is 0 Å². The number of aromatic nitrogens is 1. The van der Waals surface area contributed by atoms with Crippen molar-refractivity contribution in [2.75, 3.05) is 43.4 Å². The van der Waals surface area contributed by atoms with Gasteiger partial charge in [-0.25, -0.2) is 0 Å². The largest absolute Gasteiger partial charge is 0.369 e. The Morgan fingerprint density at radius 2 is 1.65 bits per heavy atom. The summed E-state index contributed by atoms with van der Waals surface area (Å²) in [4.78, 5) is 9.55. The van der Waals surface area contributed by atoms with E-state index >= 15 is 0 Å². The Bertz CT molecular complexity index is 909. The monoisotopic (exact) mass is 346 g/mol. The van der Waals surface area contributed by atoms with Gasteiger partial charge in [-0.05, 0) is 56.8 Å². The van der Waals surface area contributed by atoms with Gasteiger partial charge in [-0.1, -0.05) is 18.2 Å². The van der Waals surface area contributed by atoms with Gasteiger partial charge in [0.25, 0.3) is 0 Å². The van der Waals surface area contributed by atoms with E-state index < -0.39 is 0 Å². The van der Waals surface area contributed by atoms with Crippen molar-refractivity contribution in [3.8, 4) is 0 Å². The van der Waals surface area contributed by atoms with Gasteiger partial charge in [-0.3, -0.25) is 4.98 Å². The standard InChI is InChI=1S/C22H26N4/c1-16-5-4-6-20-21(15-17(2)23-22(16)20)24-18-7-9-19(10-8-18)26-13-11-25(3)12-14-26/h4-10,15H,11-14H2,1-3H3,(H,23,24). The van der Waals surface area contributed by atoms with Crippen molar-refractivity contribution in [3.05, 3.63) is 59.8 Å². The zero-order chi connectivity index (χ0) is 18.1. The first kappa shape index (κ1) is 16.9. The van der Waals surface area contributed by atoms with Crippen molar-refractivity contribution in [2.45, 2.75) is 13.8 Å². The van der Waals surface area contributed by atoms with Crippen molar-refractivity contribution in [2.24, 2.45) is 0 Å². The number of rotatable bonds is 3. The molecular weight excluding hydrogens is 320 g/mol. The summed E-state index contributed by atoms with van der Waals surface area (Å²) < 4.78 is 0. The first-order valence-electron chi connectivity index (χ1n) is 9.28. The van der Waals surface area contributed by atoms with E-state index in [0.717, 1.165) is 48.8 Å². The highest BCUT2D eigenvalue weighted by atomic mass is 15.2. The first-order valence-corrected chi connectivity index (χ1v) is 9.28. The molecule has 4 heteroatoms. The van der Waals surface area contributed by atoms with Crippen LogP contribution in [0.5, 0.6) is 0 Å². The smallest absolute Gasteiger partial charge is 0.0755 e. The third-order valence-corrected chi connectivity index (χ3v) is 5.18. The normalized spacial score (nSPS) is 15.4. The van der Waals surface area contributed by atoms with Gasteiger partial charge < -0.3 is 15.1 Å². The van der Waals surface area contributed by atoms with E-state index in [2.05, 4.69) is 77.6 Å². The molecule has 1 saturated heterocycles. The fraction of sp³-hybridized carbons (Fsp3) is 0.318. The molecule has 134 valence electrons. The first-order chi connectivity index (χ1) is 12.6. The van der Waals surface area contributed by atoms with Crippen molar-refractivity contribution in [1.82, 2.24) is 9.88 Å². The topological polar surface area (TPSA) is 31.4 Å². The molecule has 2 heterocycles. The number of para-hydroxylation sites is 1. The molecule has 1 fully saturated rings. The van der Waals surface area contributed by atoms with Crippen LogP contribution in [0.25, 0.3) is 10.9 Å². The van der Waals surface area contributed by atoms with Gasteiger partial charge in [0.1, 0.15) is 0 Å². The van der Waals surface area contributed by atoms with Crippen LogP contribution in [0.1, 0.15) is 11.3 Å². The van der Waals surface area contributed by atoms with Gasteiger partial charge >= 0.3 is 0 Å². The molecule has 0 bridgehead atoms. The number of aryl methyl sites for hydroxylation is 2. The van der Waals surface area contributed by atoms with Crippen molar-refractivity contribution in [1.29, 1.82) is 0 Å². The molecule has 0 radical (unpaired) electrons. The van der Waals surface area contributed by atoms with E-state index in [4.69, 9.17) is 4.98 Å². The Kier molecular flexibility index (Phi) is 4.51. The highest BCUT2D eigenvalue weighted by molar-refractivity contribution is 5.95. The van der Waals surface area contributed by atoms with E-state index in [1.807, 2.05) is 6.92 Å². The molecule has 0 amide bonds. The molecule has 2 aromatic carbocycles. The van der Waals surface area contributed by atoms with E-state index in [9.17, 15) is 0 Å². The van der Waals surface area contributed by atoms with Crippen molar-refractivity contribution < 1.29 is 0 Å². The zero-order valence-electron chi connectivity index (χ0n) is 15.8. The van der Waals surface area contributed by atoms with Crippen LogP contribution in [0.3, 0.4) is 0 Å². The number of nitrogens with zero attached hydrogens (tertiary/aromatic N) is 3. The molecule has 3 aromatic rings. The SMILES string of the molecule is Cc1cc(Nc2ccc(N3CCN(C)CC3)cc2)c2cccc(C)c2n1. The second-order valence-electron chi connectivity index (χ2n) is 7.24. The third-order valence-electron chi connectivity index (χ3n) is 5.18. The zero-order valence-corrected chi connectivity index (χ0v) is 15.8. The second-order valence-corrected chi connectivity index (χ2v) is 7.24. The van der Waals surface area contributed by atoms with Gasteiger partial charge in [0.2, 0.25) is 0 Å². The van der Waals surface area contributed by atoms with Crippen LogP contribution in [-0.4, -0.2) is 43.1 Å². The number of hydrogen-bond donors (Lipinski definition) is 1. The number of likely N-dealkylation sites (N-methyl/N-ethyl adjacent to an activating group) is 1. The predicted molar refractivity (Wildman–Crippen MR) is 111 cm³/mol. The predicted octanol–water partition coefficient (Wildman–Crippen LogP) is 4.35. The summed E-state index contributed by atoms with van der Waals surface area (Å²) in [6.45, 7) is 8.60. The molecule has 0 aliphatic carbocycles. The number of benzene rings is 2. The van der Waals surface area contributed by atoms with Crippen LogP contribution < -0.4 is 10.2 Å². The van der Waals surface area contributed by atoms with Crippen LogP contribution in [0.4, 0.5) is 17.1 Å². The fourth-order valence-corrected chi connectivity index (χ4v) is 3.60. The average Bonchev–Trinajstić information content (AvgIpc) is 2.64. The van der Waals surface area contributed by atoms with Crippen molar-refractivity contribution >= 4 is 28.0 Å². The van der Waals surface area contributed by atoms with Gasteiger partial charge in [0.15, 0.2) is 0 Å². The van der Waals surface area contributed by atoms with Gasteiger partial charge in [0, 0.05) is 54.3 Å². The molecular formula is C22H26N4. The van der Waals surface area contributed by atoms with E-state index in [-0.39, 0.29) is 0 Å². The number of pyridine rings is 1. The maximum Gasteiger partial charge on any atom is 0.0755 e. The number of nitrogens with one attached hydrogen (secondary N) is 1. The molecule has 1 aliphatic heterocycles. The maximum absolute atomic E-state index is 4.71. The fourth-order valence-electron chi connectivity index (χ4n) is 3.60. The summed E-state index contributed by atoms with van der Waals surface area (Å²) in [5, 5.41) is 4.75. The summed E-state index contributed by atoms with van der Waals surface area (Å²) in [6.07, 6.45) is 0. The summed E-state index contributed by atoms with van der Waals surface area (Å²) in [5.41, 5.74) is 6.84. The average molecular weight is 346 g/mol. The minimum Gasteiger partial charge on any atom is -0.369 e. The van der Waals surface area contributed by atoms with E-state index in [0.29, 0.717) is 0 Å². The molecule has 1 N–H and O–H groups in total. The molecule has 0 unspecified atom stereocenters. The highest BCUT2D eigenvalue weighted by Crippen LogP contribution is 2.29. The number of hydrogen-bond acceptors (Lipinski definition) is 4. The molecule has 0 atom stereocenters. The summed E-state index contributed by atoms with van der Waals surface area (Å²) in [5.74, 6) is 0. The molecule has 4 nitrogen and oxygen atoms in total. The van der Waals surface area contributed by atoms with Crippen LogP contribution in [0, 0.1) is 13.8 Å². The molecule has 26 heavy (non-hydrogen) atoms. The number of piperazine rings is 1. The van der Waals surface area contributed by atoms with Crippen LogP contribution >= 0.6 is 0 Å². The van der Waals surface area contributed by atoms with Crippen molar-refractivity contribution in [3.63, 3.8) is 0 Å². The Morgan fingerprint density at radius 3 is 2.38 bits per heavy atom. The van der Waals surface area contributed by atoms with E-state index in [1.165, 1.54) is 16.6 Å². The third kappa shape index (κ3) is 3.37. The number of fused-ring (bicyclic) bond motifs is 1. The molecule has 4 rings (SSSR count). The van der Waals surface area contributed by atoms with Crippen LogP contribution in [0.2, 0.25) is 0 Å². The Hall–Kier alpha value is -2.59. The lowest BCUT2D eigenvalue weighted by molar-refractivity contribution is 0.313. The number of anilines is 3. The lowest BCUT2D eigenvalue weighted by Crippen LogP contribution is -2.44. The van der Waals surface area contributed by atoms with Crippen LogP contribution in [0.15, 0.2) is 48.5 Å². The van der Waals surface area contributed by atoms with Gasteiger partial charge in [-0.2, -0.15) is 0 Å². The quantitative estimate of drug-likeness (QED) is 0.764. The summed E-state index contributed by atoms with van der Waals surface area (Å²) in [7, 11) is 2.19. The Balaban J connectivity index is 1.58. The second kappa shape index (κ2) is 6.96. The Morgan fingerprint density at radius 1 is 0.923 bits per heavy atom. The van der Waals surface area contributed by atoms with Gasteiger partial charge in [0.05, 0.1) is 5.52 Å². The molecule has 0 spiro atoms. The highest BCUT2D eigenvalue weighted by Gasteiger charge is 2.14. The van der Waals surface area contributed by atoms with Crippen LogP contribution in [-0.2, 0) is 0 Å². The van der Waals surface area contributed by atoms with E-state index in [1.54, 1.807) is 0 Å². The Labute approximate surface area is 155 Å². The lowest BCUT2D eigenvalue weighted by atomic mass is 10.1. The minimum absolute atomic E-state index is 1.03.